The van der Waals surface area contributed by atoms with Gasteiger partial charge in [0.25, 0.3) is 0 Å². The molecule has 0 spiro atoms. The summed E-state index contributed by atoms with van der Waals surface area (Å²) in [4.78, 5) is 10.7. The number of para-hydroxylation sites is 3. The SMILES string of the molecule is c1ccc(-c2ccc(-c3nc(-c4cccc(-n5c6ccccc6c6cc(-c7ccc8c(c7)c7ccccc7n8-c7ccccc7)ccc65)c4)nc4c3ccc3ccccc34)cc2)cc1. The highest BCUT2D eigenvalue weighted by molar-refractivity contribution is 6.13. The zero-order chi connectivity index (χ0) is 42.1. The van der Waals surface area contributed by atoms with Gasteiger partial charge in [-0.3, -0.25) is 0 Å². The van der Waals surface area contributed by atoms with Crippen molar-refractivity contribution < 1.29 is 0 Å². The predicted octanol–water partition coefficient (Wildman–Crippen LogP) is 15.6. The molecule has 0 unspecified atom stereocenters. The van der Waals surface area contributed by atoms with E-state index < -0.39 is 0 Å². The van der Waals surface area contributed by atoms with Gasteiger partial charge >= 0.3 is 0 Å². The molecule has 64 heavy (non-hydrogen) atoms. The van der Waals surface area contributed by atoms with E-state index in [-0.39, 0.29) is 0 Å². The summed E-state index contributed by atoms with van der Waals surface area (Å²) in [6, 6.07) is 82.7. The summed E-state index contributed by atoms with van der Waals surface area (Å²) in [7, 11) is 0. The lowest BCUT2D eigenvalue weighted by Crippen LogP contribution is -1.98. The zero-order valence-corrected chi connectivity index (χ0v) is 34.7. The number of aromatic nitrogens is 4. The molecule has 13 rings (SSSR count). The Balaban J connectivity index is 0.946. The maximum Gasteiger partial charge on any atom is 0.160 e. The van der Waals surface area contributed by atoms with E-state index in [0.717, 1.165) is 60.9 Å². The lowest BCUT2D eigenvalue weighted by Gasteiger charge is -2.13. The molecule has 0 atom stereocenters. The number of rotatable bonds is 6. The molecule has 0 bridgehead atoms. The molecule has 3 aromatic heterocycles. The number of benzene rings is 10. The van der Waals surface area contributed by atoms with Crippen molar-refractivity contribution in [3.05, 3.63) is 231 Å². The topological polar surface area (TPSA) is 35.6 Å². The summed E-state index contributed by atoms with van der Waals surface area (Å²) >= 11 is 0. The fraction of sp³-hybridized carbons (Fsp3) is 0. The summed E-state index contributed by atoms with van der Waals surface area (Å²) in [6.07, 6.45) is 0. The van der Waals surface area contributed by atoms with Crippen molar-refractivity contribution in [2.75, 3.05) is 0 Å². The standard InChI is InChI=1S/C60H38N4/c1-3-14-39(15-4-1)40-26-28-42(29-27-40)58-51-33-30-41-16-7-8-21-48(41)59(51)62-60(61-58)45-17-13-20-47(36-45)64-55-25-12-10-23-50(55)53-38-44(32-35-57(53)64)43-31-34-56-52(37-43)49-22-9-11-24-54(49)63(56)46-18-5-2-6-19-46/h1-38H. The van der Waals surface area contributed by atoms with Gasteiger partial charge in [0.05, 0.1) is 33.3 Å². The van der Waals surface area contributed by atoms with Crippen molar-refractivity contribution in [1.29, 1.82) is 0 Å². The molecule has 298 valence electrons. The Labute approximate surface area is 369 Å². The molecule has 13 aromatic rings. The molecule has 0 aliphatic carbocycles. The molecule has 4 nitrogen and oxygen atoms in total. The van der Waals surface area contributed by atoms with Crippen LogP contribution in [0.4, 0.5) is 0 Å². The van der Waals surface area contributed by atoms with E-state index in [1.165, 1.54) is 54.8 Å². The zero-order valence-electron chi connectivity index (χ0n) is 34.7. The lowest BCUT2D eigenvalue weighted by atomic mass is 9.99. The van der Waals surface area contributed by atoms with Crippen LogP contribution in [0, 0.1) is 0 Å². The fourth-order valence-corrected chi connectivity index (χ4v) is 9.89. The maximum absolute atomic E-state index is 5.38. The van der Waals surface area contributed by atoms with Gasteiger partial charge in [0.2, 0.25) is 0 Å². The Bertz CT molecular complexity index is 3940. The van der Waals surface area contributed by atoms with Crippen molar-refractivity contribution in [2.24, 2.45) is 0 Å². The Morgan fingerprint density at radius 1 is 0.266 bits per heavy atom. The molecule has 4 heteroatoms. The molecule has 10 aromatic carbocycles. The number of hydrogen-bond acceptors (Lipinski definition) is 2. The molecule has 0 saturated heterocycles. The molecular formula is C60H38N4. The molecule has 0 saturated carbocycles. The van der Waals surface area contributed by atoms with Crippen LogP contribution in [-0.2, 0) is 0 Å². The number of fused-ring (bicyclic) bond motifs is 9. The van der Waals surface area contributed by atoms with Crippen molar-refractivity contribution >= 4 is 65.3 Å². The molecule has 3 heterocycles. The highest BCUT2D eigenvalue weighted by Crippen LogP contribution is 2.40. The van der Waals surface area contributed by atoms with Crippen LogP contribution in [0.1, 0.15) is 0 Å². The summed E-state index contributed by atoms with van der Waals surface area (Å²) < 4.78 is 4.75. The van der Waals surface area contributed by atoms with Gasteiger partial charge in [-0.2, -0.15) is 0 Å². The first-order valence-electron chi connectivity index (χ1n) is 21.8. The van der Waals surface area contributed by atoms with Crippen LogP contribution in [0.2, 0.25) is 0 Å². The maximum atomic E-state index is 5.38. The highest BCUT2D eigenvalue weighted by atomic mass is 15.0. The van der Waals surface area contributed by atoms with E-state index >= 15 is 0 Å². The molecule has 0 radical (unpaired) electrons. The van der Waals surface area contributed by atoms with E-state index in [0.29, 0.717) is 5.82 Å². The van der Waals surface area contributed by atoms with Gasteiger partial charge in [-0.05, 0) is 94.4 Å². The van der Waals surface area contributed by atoms with Gasteiger partial charge < -0.3 is 9.13 Å². The van der Waals surface area contributed by atoms with Crippen LogP contribution in [0.15, 0.2) is 231 Å². The summed E-state index contributed by atoms with van der Waals surface area (Å²) in [5.74, 6) is 0.694. The van der Waals surface area contributed by atoms with E-state index in [2.05, 4.69) is 240 Å². The van der Waals surface area contributed by atoms with E-state index in [4.69, 9.17) is 9.97 Å². The second-order valence-corrected chi connectivity index (χ2v) is 16.6. The lowest BCUT2D eigenvalue weighted by molar-refractivity contribution is 1.17. The number of hydrogen-bond donors (Lipinski definition) is 0. The number of nitrogens with zero attached hydrogens (tertiary/aromatic N) is 4. The smallest absolute Gasteiger partial charge is 0.160 e. The third-order valence-corrected chi connectivity index (χ3v) is 12.9. The Kier molecular flexibility index (Phi) is 8.18. The Hall–Kier alpha value is -8.60. The third kappa shape index (κ3) is 5.77. The van der Waals surface area contributed by atoms with Crippen molar-refractivity contribution in [2.45, 2.75) is 0 Å². The van der Waals surface area contributed by atoms with E-state index in [1.54, 1.807) is 0 Å². The van der Waals surface area contributed by atoms with Gasteiger partial charge in [-0.25, -0.2) is 9.97 Å². The van der Waals surface area contributed by atoms with Crippen LogP contribution in [0.3, 0.4) is 0 Å². The van der Waals surface area contributed by atoms with Crippen molar-refractivity contribution in [3.63, 3.8) is 0 Å². The minimum absolute atomic E-state index is 0.694. The molecule has 0 fully saturated rings. The second-order valence-electron chi connectivity index (χ2n) is 16.6. The fourth-order valence-electron chi connectivity index (χ4n) is 9.89. The van der Waals surface area contributed by atoms with Crippen molar-refractivity contribution in [3.8, 4) is 56.3 Å². The summed E-state index contributed by atoms with van der Waals surface area (Å²) in [5, 5.41) is 8.21. The first kappa shape index (κ1) is 36.1. The largest absolute Gasteiger partial charge is 0.309 e. The van der Waals surface area contributed by atoms with E-state index in [1.807, 2.05) is 0 Å². The average molecular weight is 815 g/mol. The minimum Gasteiger partial charge on any atom is -0.309 e. The Morgan fingerprint density at radius 2 is 0.766 bits per heavy atom. The van der Waals surface area contributed by atoms with Gasteiger partial charge in [-0.15, -0.1) is 0 Å². The Morgan fingerprint density at radius 3 is 1.45 bits per heavy atom. The summed E-state index contributed by atoms with van der Waals surface area (Å²) in [6.45, 7) is 0. The molecular weight excluding hydrogens is 777 g/mol. The predicted molar refractivity (Wildman–Crippen MR) is 267 cm³/mol. The molecule has 0 N–H and O–H groups in total. The minimum atomic E-state index is 0.694. The first-order chi connectivity index (χ1) is 31.7. The van der Waals surface area contributed by atoms with Crippen LogP contribution < -0.4 is 0 Å². The molecule has 0 amide bonds. The first-order valence-corrected chi connectivity index (χ1v) is 21.8. The molecule has 0 aliphatic rings. The van der Waals surface area contributed by atoms with Gasteiger partial charge in [0.15, 0.2) is 5.82 Å². The quantitative estimate of drug-likeness (QED) is 0.157. The van der Waals surface area contributed by atoms with Gasteiger partial charge in [0.1, 0.15) is 0 Å². The molecule has 0 aliphatic heterocycles. The monoisotopic (exact) mass is 814 g/mol. The van der Waals surface area contributed by atoms with Gasteiger partial charge in [0, 0.05) is 54.8 Å². The third-order valence-electron chi connectivity index (χ3n) is 12.9. The second kappa shape index (κ2) is 14.5. The van der Waals surface area contributed by atoms with Gasteiger partial charge in [-0.1, -0.05) is 164 Å². The van der Waals surface area contributed by atoms with Crippen molar-refractivity contribution in [1.82, 2.24) is 19.1 Å². The van der Waals surface area contributed by atoms with Crippen LogP contribution >= 0.6 is 0 Å². The van der Waals surface area contributed by atoms with Crippen LogP contribution in [-0.4, -0.2) is 19.1 Å². The average Bonchev–Trinajstić information content (AvgIpc) is 3.89. The van der Waals surface area contributed by atoms with Crippen LogP contribution in [0.5, 0.6) is 0 Å². The normalized spacial score (nSPS) is 11.8. The van der Waals surface area contributed by atoms with E-state index in [9.17, 15) is 0 Å². The summed E-state index contributed by atoms with van der Waals surface area (Å²) in [5.41, 5.74) is 15.5. The van der Waals surface area contributed by atoms with Crippen LogP contribution in [0.25, 0.3) is 122 Å². The highest BCUT2D eigenvalue weighted by Gasteiger charge is 2.18.